The average molecular weight is 374 g/mol. The smallest absolute Gasteiger partial charge is 0.249 e. The first-order chi connectivity index (χ1) is 13.7. The zero-order chi connectivity index (χ0) is 19.3. The Hall–Kier alpha value is -2.69. The molecule has 1 amide bonds. The predicted molar refractivity (Wildman–Crippen MR) is 112 cm³/mol. The summed E-state index contributed by atoms with van der Waals surface area (Å²) in [5.41, 5.74) is 2.42. The van der Waals surface area contributed by atoms with E-state index in [1.807, 2.05) is 23.1 Å². The summed E-state index contributed by atoms with van der Waals surface area (Å²) in [7, 11) is 0. The molecule has 1 heterocycles. The highest BCUT2D eigenvalue weighted by Crippen LogP contribution is 2.24. The minimum atomic E-state index is 0.0267. The lowest BCUT2D eigenvalue weighted by atomic mass is 9.99. The molecule has 1 aliphatic rings. The summed E-state index contributed by atoms with van der Waals surface area (Å²) in [6.07, 6.45) is 0. The van der Waals surface area contributed by atoms with Crippen molar-refractivity contribution in [3.8, 4) is 0 Å². The van der Waals surface area contributed by atoms with Crippen LogP contribution in [0.25, 0.3) is 10.8 Å². The number of carbonyl (C=O) groups is 1. The Bertz CT molecular complexity index is 936. The van der Waals surface area contributed by atoms with Crippen molar-refractivity contribution in [1.29, 1.82) is 0 Å². The van der Waals surface area contributed by atoms with Crippen LogP contribution >= 0.6 is 0 Å². The molecule has 0 radical (unpaired) electrons. The number of hydrogen-bond donors (Lipinski definition) is 1. The van der Waals surface area contributed by atoms with E-state index in [0.717, 1.165) is 5.56 Å². The van der Waals surface area contributed by atoms with Gasteiger partial charge in [0.05, 0.1) is 12.6 Å². The molecule has 1 fully saturated rings. The minimum absolute atomic E-state index is 0.0267. The van der Waals surface area contributed by atoms with E-state index in [-0.39, 0.29) is 24.6 Å². The number of ether oxygens (including phenoxy) is 1. The zero-order valence-electron chi connectivity index (χ0n) is 16.2. The Morgan fingerprint density at radius 2 is 1.79 bits per heavy atom. The fourth-order valence-electron chi connectivity index (χ4n) is 3.88. The van der Waals surface area contributed by atoms with Gasteiger partial charge in [-0.2, -0.15) is 0 Å². The van der Waals surface area contributed by atoms with Gasteiger partial charge in [-0.25, -0.2) is 0 Å². The minimum Gasteiger partial charge on any atom is -0.369 e. The molecule has 144 valence electrons. The summed E-state index contributed by atoms with van der Waals surface area (Å²) in [6.45, 7) is 4.23. The number of fused-ring (bicyclic) bond motifs is 1. The molecular weight excluding hydrogens is 348 g/mol. The number of amides is 1. The number of morpholine rings is 1. The van der Waals surface area contributed by atoms with Crippen molar-refractivity contribution in [1.82, 2.24) is 10.2 Å². The van der Waals surface area contributed by atoms with Crippen LogP contribution in [0.1, 0.15) is 24.1 Å². The topological polar surface area (TPSA) is 41.6 Å². The number of benzene rings is 3. The number of carbonyl (C=O) groups excluding carboxylic acids is 1. The number of rotatable bonds is 6. The van der Waals surface area contributed by atoms with Gasteiger partial charge in [0.2, 0.25) is 5.91 Å². The molecule has 4 heteroatoms. The van der Waals surface area contributed by atoms with Crippen LogP contribution in [0.15, 0.2) is 72.8 Å². The SMILES string of the molecule is CC(NCC1COCC(=O)N1Cc1ccccc1)c1cccc2ccccc12. The summed E-state index contributed by atoms with van der Waals surface area (Å²) in [5, 5.41) is 6.13. The fraction of sp³-hybridized carbons (Fsp3) is 0.292. The molecule has 1 saturated heterocycles. The van der Waals surface area contributed by atoms with E-state index >= 15 is 0 Å². The third-order valence-corrected chi connectivity index (χ3v) is 5.44. The third kappa shape index (κ3) is 4.08. The van der Waals surface area contributed by atoms with Gasteiger partial charge in [0.15, 0.2) is 0 Å². The van der Waals surface area contributed by atoms with Crippen molar-refractivity contribution in [3.63, 3.8) is 0 Å². The molecule has 3 aromatic carbocycles. The highest BCUT2D eigenvalue weighted by Gasteiger charge is 2.29. The second-order valence-electron chi connectivity index (χ2n) is 7.37. The molecule has 0 aliphatic carbocycles. The second-order valence-corrected chi connectivity index (χ2v) is 7.37. The monoisotopic (exact) mass is 374 g/mol. The van der Waals surface area contributed by atoms with E-state index in [1.54, 1.807) is 0 Å². The largest absolute Gasteiger partial charge is 0.369 e. The highest BCUT2D eigenvalue weighted by molar-refractivity contribution is 5.86. The summed E-state index contributed by atoms with van der Waals surface area (Å²) in [4.78, 5) is 14.4. The first kappa shape index (κ1) is 18.7. The van der Waals surface area contributed by atoms with E-state index in [2.05, 4.69) is 66.8 Å². The van der Waals surface area contributed by atoms with Crippen LogP contribution in [0.5, 0.6) is 0 Å². The van der Waals surface area contributed by atoms with Crippen molar-refractivity contribution in [2.75, 3.05) is 19.8 Å². The van der Waals surface area contributed by atoms with Crippen molar-refractivity contribution < 1.29 is 9.53 Å². The first-order valence-corrected chi connectivity index (χ1v) is 9.84. The summed E-state index contributed by atoms with van der Waals surface area (Å²) in [5.74, 6) is 0.0553. The van der Waals surface area contributed by atoms with E-state index in [4.69, 9.17) is 4.74 Å². The number of nitrogens with zero attached hydrogens (tertiary/aromatic N) is 1. The van der Waals surface area contributed by atoms with Crippen LogP contribution in [-0.4, -0.2) is 36.6 Å². The molecule has 0 spiro atoms. The Morgan fingerprint density at radius 3 is 2.64 bits per heavy atom. The molecule has 1 aliphatic heterocycles. The standard InChI is InChI=1S/C24H26N2O2/c1-18(22-13-7-11-20-10-5-6-12-23(20)22)25-14-21-16-28-17-24(27)26(21)15-19-8-3-2-4-9-19/h2-13,18,21,25H,14-17H2,1H3. The van der Waals surface area contributed by atoms with Gasteiger partial charge in [-0.3, -0.25) is 4.79 Å². The lowest BCUT2D eigenvalue weighted by molar-refractivity contribution is -0.148. The molecule has 0 aromatic heterocycles. The number of hydrogen-bond acceptors (Lipinski definition) is 3. The van der Waals surface area contributed by atoms with E-state index < -0.39 is 0 Å². The molecule has 2 atom stereocenters. The molecule has 0 saturated carbocycles. The summed E-state index contributed by atoms with van der Waals surface area (Å²) >= 11 is 0. The Balaban J connectivity index is 1.46. The van der Waals surface area contributed by atoms with E-state index in [0.29, 0.717) is 19.7 Å². The van der Waals surface area contributed by atoms with Gasteiger partial charge in [-0.05, 0) is 28.8 Å². The van der Waals surface area contributed by atoms with Crippen LogP contribution in [0, 0.1) is 0 Å². The Labute approximate surface area is 166 Å². The van der Waals surface area contributed by atoms with Crippen molar-refractivity contribution in [2.24, 2.45) is 0 Å². The molecule has 1 N–H and O–H groups in total. The molecule has 4 rings (SSSR count). The fourth-order valence-corrected chi connectivity index (χ4v) is 3.88. The summed E-state index contributed by atoms with van der Waals surface area (Å²) < 4.78 is 5.54. The Morgan fingerprint density at radius 1 is 1.04 bits per heavy atom. The van der Waals surface area contributed by atoms with Gasteiger partial charge in [-0.15, -0.1) is 0 Å². The Kier molecular flexibility index (Phi) is 5.70. The van der Waals surface area contributed by atoms with Crippen molar-refractivity contribution >= 4 is 16.7 Å². The van der Waals surface area contributed by atoms with Crippen LogP contribution in [-0.2, 0) is 16.1 Å². The van der Waals surface area contributed by atoms with Crippen LogP contribution < -0.4 is 5.32 Å². The van der Waals surface area contributed by atoms with Gasteiger partial charge in [0, 0.05) is 19.1 Å². The normalized spacial score (nSPS) is 18.4. The van der Waals surface area contributed by atoms with Crippen LogP contribution in [0.3, 0.4) is 0 Å². The third-order valence-electron chi connectivity index (χ3n) is 5.44. The maximum Gasteiger partial charge on any atom is 0.249 e. The second kappa shape index (κ2) is 8.55. The van der Waals surface area contributed by atoms with Gasteiger partial charge in [0.25, 0.3) is 0 Å². The molecule has 2 unspecified atom stereocenters. The quantitative estimate of drug-likeness (QED) is 0.711. The van der Waals surface area contributed by atoms with Crippen molar-refractivity contribution in [3.05, 3.63) is 83.9 Å². The van der Waals surface area contributed by atoms with Gasteiger partial charge < -0.3 is 15.0 Å². The molecular formula is C24H26N2O2. The molecule has 4 nitrogen and oxygen atoms in total. The van der Waals surface area contributed by atoms with Crippen molar-refractivity contribution in [2.45, 2.75) is 25.6 Å². The lowest BCUT2D eigenvalue weighted by Gasteiger charge is -2.36. The zero-order valence-corrected chi connectivity index (χ0v) is 16.2. The lowest BCUT2D eigenvalue weighted by Crippen LogP contribution is -2.53. The molecule has 28 heavy (non-hydrogen) atoms. The van der Waals surface area contributed by atoms with Crippen LogP contribution in [0.4, 0.5) is 0 Å². The van der Waals surface area contributed by atoms with Gasteiger partial charge in [-0.1, -0.05) is 72.8 Å². The van der Waals surface area contributed by atoms with Gasteiger partial charge in [0.1, 0.15) is 6.61 Å². The van der Waals surface area contributed by atoms with Crippen LogP contribution in [0.2, 0.25) is 0 Å². The molecule has 3 aromatic rings. The van der Waals surface area contributed by atoms with E-state index in [1.165, 1.54) is 16.3 Å². The number of nitrogens with one attached hydrogen (secondary N) is 1. The predicted octanol–water partition coefficient (Wildman–Crippen LogP) is 3.92. The highest BCUT2D eigenvalue weighted by atomic mass is 16.5. The van der Waals surface area contributed by atoms with Gasteiger partial charge >= 0.3 is 0 Å². The van der Waals surface area contributed by atoms with E-state index in [9.17, 15) is 4.79 Å². The molecule has 0 bridgehead atoms. The average Bonchev–Trinajstić information content (AvgIpc) is 2.74. The first-order valence-electron chi connectivity index (χ1n) is 9.84. The summed E-state index contributed by atoms with van der Waals surface area (Å²) in [6, 6.07) is 25.2. The maximum atomic E-state index is 12.5. The maximum absolute atomic E-state index is 12.5.